The Hall–Kier alpha value is -1.44. The molecule has 0 bridgehead atoms. The Balaban J connectivity index is 2.02. The van der Waals surface area contributed by atoms with Crippen molar-refractivity contribution in [3.8, 4) is 0 Å². The third-order valence-corrected chi connectivity index (χ3v) is 6.13. The molecule has 1 aromatic rings. The van der Waals surface area contributed by atoms with Gasteiger partial charge < -0.3 is 10.1 Å². The number of nitrogens with zero attached hydrogens (tertiary/aromatic N) is 1. The average Bonchev–Trinajstić information content (AvgIpc) is 2.54. The van der Waals surface area contributed by atoms with E-state index in [0.717, 1.165) is 6.42 Å². The minimum Gasteiger partial charge on any atom is -0.381 e. The van der Waals surface area contributed by atoms with Crippen LogP contribution in [0.25, 0.3) is 0 Å². The van der Waals surface area contributed by atoms with Gasteiger partial charge in [0.15, 0.2) is 0 Å². The summed E-state index contributed by atoms with van der Waals surface area (Å²) in [5.74, 6) is 0.576. The normalized spacial score (nSPS) is 21.9. The van der Waals surface area contributed by atoms with Crippen LogP contribution in [0.2, 0.25) is 0 Å². The monoisotopic (exact) mass is 368 g/mol. The highest BCUT2D eigenvalue weighted by atomic mass is 32.2. The molecule has 1 saturated heterocycles. The van der Waals surface area contributed by atoms with Gasteiger partial charge in [-0.05, 0) is 49.4 Å². The zero-order valence-corrected chi connectivity index (χ0v) is 16.0. The van der Waals surface area contributed by atoms with Crippen LogP contribution in [-0.2, 0) is 19.6 Å². The number of piperidine rings is 1. The van der Waals surface area contributed by atoms with Gasteiger partial charge in [-0.25, -0.2) is 8.42 Å². The van der Waals surface area contributed by atoms with E-state index in [9.17, 15) is 13.2 Å². The van der Waals surface area contributed by atoms with Crippen molar-refractivity contribution < 1.29 is 17.9 Å². The number of nitrogens with one attached hydrogen (secondary N) is 1. The van der Waals surface area contributed by atoms with E-state index in [-0.39, 0.29) is 17.2 Å². The van der Waals surface area contributed by atoms with E-state index < -0.39 is 10.0 Å². The first kappa shape index (κ1) is 19.9. The molecule has 1 N–H and O–H groups in total. The summed E-state index contributed by atoms with van der Waals surface area (Å²) in [4.78, 5) is 12.0. The summed E-state index contributed by atoms with van der Waals surface area (Å²) in [5.41, 5.74) is 0.584. The standard InChI is InChI=1S/C18H28N2O4S/c1-4-24-10-9-18(21)19-16-5-7-17(8-6-16)25(22,23)20-12-14(2)11-15(3)13-20/h5-8,14-15H,4,9-13H2,1-3H3,(H,19,21). The second-order valence-corrected chi connectivity index (χ2v) is 8.73. The largest absolute Gasteiger partial charge is 0.381 e. The fourth-order valence-electron chi connectivity index (χ4n) is 3.19. The fraction of sp³-hybridized carbons (Fsp3) is 0.611. The van der Waals surface area contributed by atoms with E-state index in [1.807, 2.05) is 6.92 Å². The van der Waals surface area contributed by atoms with Gasteiger partial charge in [0.1, 0.15) is 0 Å². The second-order valence-electron chi connectivity index (χ2n) is 6.79. The van der Waals surface area contributed by atoms with Crippen LogP contribution in [0, 0.1) is 11.8 Å². The molecular formula is C18H28N2O4S. The molecule has 6 nitrogen and oxygen atoms in total. The predicted molar refractivity (Wildman–Crippen MR) is 97.9 cm³/mol. The third kappa shape index (κ3) is 5.52. The quantitative estimate of drug-likeness (QED) is 0.751. The third-order valence-electron chi connectivity index (χ3n) is 4.29. The lowest BCUT2D eigenvalue weighted by atomic mass is 9.94. The Bertz CT molecular complexity index is 663. The van der Waals surface area contributed by atoms with E-state index in [2.05, 4.69) is 19.2 Å². The molecule has 1 aliphatic heterocycles. The van der Waals surface area contributed by atoms with Gasteiger partial charge in [-0.3, -0.25) is 4.79 Å². The van der Waals surface area contributed by atoms with Gasteiger partial charge in [-0.2, -0.15) is 4.31 Å². The summed E-state index contributed by atoms with van der Waals surface area (Å²) in [6, 6.07) is 6.36. The van der Waals surface area contributed by atoms with Crippen molar-refractivity contribution in [2.45, 2.75) is 38.5 Å². The maximum atomic E-state index is 12.8. The highest BCUT2D eigenvalue weighted by Gasteiger charge is 2.31. The van der Waals surface area contributed by atoms with Crippen molar-refractivity contribution >= 4 is 21.6 Å². The maximum absolute atomic E-state index is 12.8. The number of carbonyl (C=O) groups is 1. The molecule has 1 heterocycles. The molecule has 2 rings (SSSR count). The number of sulfonamides is 1. The van der Waals surface area contributed by atoms with Gasteiger partial charge in [-0.1, -0.05) is 13.8 Å². The number of carbonyl (C=O) groups excluding carboxylic acids is 1. The van der Waals surface area contributed by atoms with Crippen molar-refractivity contribution in [2.24, 2.45) is 11.8 Å². The molecule has 2 unspecified atom stereocenters. The Kier molecular flexibility index (Phi) is 6.98. The summed E-state index contributed by atoms with van der Waals surface area (Å²) < 4.78 is 32.3. The molecule has 7 heteroatoms. The van der Waals surface area contributed by atoms with Gasteiger partial charge in [0.25, 0.3) is 0 Å². The first-order valence-corrected chi connectivity index (χ1v) is 10.2. The molecule has 0 saturated carbocycles. The molecule has 25 heavy (non-hydrogen) atoms. The lowest BCUT2D eigenvalue weighted by molar-refractivity contribution is -0.117. The van der Waals surface area contributed by atoms with Crippen LogP contribution in [0.4, 0.5) is 5.69 Å². The highest BCUT2D eigenvalue weighted by molar-refractivity contribution is 7.89. The summed E-state index contributed by atoms with van der Waals surface area (Å²) in [7, 11) is -3.49. The zero-order valence-electron chi connectivity index (χ0n) is 15.2. The Labute approximate surface area is 150 Å². The summed E-state index contributed by atoms with van der Waals surface area (Å²) in [5, 5.41) is 2.75. The number of ether oxygens (including phenoxy) is 1. The molecule has 1 amide bonds. The molecule has 0 spiro atoms. The van der Waals surface area contributed by atoms with Crippen LogP contribution in [0.3, 0.4) is 0 Å². The van der Waals surface area contributed by atoms with Crippen molar-refractivity contribution in [3.05, 3.63) is 24.3 Å². The van der Waals surface area contributed by atoms with Crippen LogP contribution < -0.4 is 5.32 Å². The Morgan fingerprint density at radius 3 is 2.36 bits per heavy atom. The summed E-state index contributed by atoms with van der Waals surface area (Å²) in [6.45, 7) is 8.11. The van der Waals surface area contributed by atoms with Crippen LogP contribution in [0.15, 0.2) is 29.2 Å². The first-order valence-electron chi connectivity index (χ1n) is 8.80. The van der Waals surface area contributed by atoms with Crippen LogP contribution in [-0.4, -0.2) is 44.9 Å². The molecular weight excluding hydrogens is 340 g/mol. The zero-order chi connectivity index (χ0) is 18.4. The smallest absolute Gasteiger partial charge is 0.243 e. The molecule has 140 valence electrons. The number of hydrogen-bond acceptors (Lipinski definition) is 4. The first-order chi connectivity index (χ1) is 11.8. The van der Waals surface area contributed by atoms with E-state index in [0.29, 0.717) is 43.8 Å². The number of amides is 1. The minimum absolute atomic E-state index is 0.150. The summed E-state index contributed by atoms with van der Waals surface area (Å²) in [6.07, 6.45) is 1.33. The van der Waals surface area contributed by atoms with Gasteiger partial charge in [0, 0.05) is 25.4 Å². The number of rotatable bonds is 7. The number of benzene rings is 1. The highest BCUT2D eigenvalue weighted by Crippen LogP contribution is 2.27. The van der Waals surface area contributed by atoms with Crippen molar-refractivity contribution in [1.29, 1.82) is 0 Å². The molecule has 0 aliphatic carbocycles. The lowest BCUT2D eigenvalue weighted by Crippen LogP contribution is -2.42. The van der Waals surface area contributed by atoms with E-state index in [4.69, 9.17) is 4.74 Å². The van der Waals surface area contributed by atoms with Crippen LogP contribution in [0.1, 0.15) is 33.6 Å². The van der Waals surface area contributed by atoms with Crippen molar-refractivity contribution in [1.82, 2.24) is 4.31 Å². The molecule has 1 fully saturated rings. The van der Waals surface area contributed by atoms with Gasteiger partial charge in [-0.15, -0.1) is 0 Å². The lowest BCUT2D eigenvalue weighted by Gasteiger charge is -2.34. The van der Waals surface area contributed by atoms with Crippen LogP contribution in [0.5, 0.6) is 0 Å². The van der Waals surface area contributed by atoms with Gasteiger partial charge in [0.05, 0.1) is 17.9 Å². The van der Waals surface area contributed by atoms with E-state index in [1.165, 1.54) is 0 Å². The molecule has 0 radical (unpaired) electrons. The molecule has 0 aromatic heterocycles. The van der Waals surface area contributed by atoms with Crippen molar-refractivity contribution in [3.63, 3.8) is 0 Å². The van der Waals surface area contributed by atoms with Crippen molar-refractivity contribution in [2.75, 3.05) is 31.6 Å². The summed E-state index contributed by atoms with van der Waals surface area (Å²) >= 11 is 0. The Morgan fingerprint density at radius 1 is 1.20 bits per heavy atom. The van der Waals surface area contributed by atoms with E-state index in [1.54, 1.807) is 28.6 Å². The Morgan fingerprint density at radius 2 is 1.80 bits per heavy atom. The SMILES string of the molecule is CCOCCC(=O)Nc1ccc(S(=O)(=O)N2CC(C)CC(C)C2)cc1. The molecule has 2 atom stereocenters. The van der Waals surface area contributed by atoms with Crippen LogP contribution >= 0.6 is 0 Å². The minimum atomic E-state index is -3.49. The van der Waals surface area contributed by atoms with E-state index >= 15 is 0 Å². The van der Waals surface area contributed by atoms with Gasteiger partial charge in [0.2, 0.25) is 15.9 Å². The maximum Gasteiger partial charge on any atom is 0.243 e. The molecule has 1 aromatic carbocycles. The number of hydrogen-bond donors (Lipinski definition) is 1. The number of anilines is 1. The average molecular weight is 368 g/mol. The molecule has 1 aliphatic rings. The van der Waals surface area contributed by atoms with Gasteiger partial charge >= 0.3 is 0 Å². The predicted octanol–water partition coefficient (Wildman–Crippen LogP) is 2.72. The fourth-order valence-corrected chi connectivity index (χ4v) is 4.87. The topological polar surface area (TPSA) is 75.7 Å². The second kappa shape index (κ2) is 8.78.